The number of hydrogen-bond acceptors (Lipinski definition) is 5. The van der Waals surface area contributed by atoms with E-state index in [1.807, 2.05) is 0 Å². The highest BCUT2D eigenvalue weighted by Gasteiger charge is 2.70. The van der Waals surface area contributed by atoms with Crippen molar-refractivity contribution < 1.29 is 23.8 Å². The maximum Gasteiger partial charge on any atom is 0.358 e. The molecule has 6 fully saturated rings. The number of ketones is 1. The smallest absolute Gasteiger partial charge is 0.358 e. The molecule has 2 heterocycles. The second-order valence-electron chi connectivity index (χ2n) is 13.9. The van der Waals surface area contributed by atoms with E-state index in [1.165, 1.54) is 0 Å². The molecule has 2 aliphatic heterocycles. The maximum atomic E-state index is 14.1. The van der Waals surface area contributed by atoms with E-state index in [1.54, 1.807) is 0 Å². The van der Waals surface area contributed by atoms with Crippen LogP contribution in [0.5, 0.6) is 0 Å². The molecule has 5 nitrogen and oxygen atoms in total. The third-order valence-electron chi connectivity index (χ3n) is 12.1. The van der Waals surface area contributed by atoms with E-state index < -0.39 is 15.5 Å². The van der Waals surface area contributed by atoms with Crippen molar-refractivity contribution in [3.8, 4) is 0 Å². The van der Waals surface area contributed by atoms with Crippen molar-refractivity contribution in [1.29, 1.82) is 0 Å². The van der Waals surface area contributed by atoms with Gasteiger partial charge in [0.2, 0.25) is 0 Å². The average Bonchev–Trinajstić information content (AvgIpc) is 3.25. The summed E-state index contributed by atoms with van der Waals surface area (Å²) in [5.41, 5.74) is -0.100. The lowest BCUT2D eigenvalue weighted by Gasteiger charge is -2.60. The Morgan fingerprint density at radius 3 is 2.46 bits per heavy atom. The van der Waals surface area contributed by atoms with Crippen molar-refractivity contribution in [2.24, 2.45) is 52.3 Å². The van der Waals surface area contributed by atoms with E-state index in [2.05, 4.69) is 27.7 Å². The molecule has 0 aromatic heterocycles. The third-order valence-corrected chi connectivity index (χ3v) is 12.5. The summed E-state index contributed by atoms with van der Waals surface area (Å²) in [6, 6.07) is 0. The zero-order valence-electron chi connectivity index (χ0n) is 22.4. The van der Waals surface area contributed by atoms with Crippen molar-refractivity contribution in [2.45, 2.75) is 107 Å². The van der Waals surface area contributed by atoms with Crippen LogP contribution in [0.15, 0.2) is 0 Å². The molecule has 208 valence electrons. The molecule has 7 unspecified atom stereocenters. The zero-order chi connectivity index (χ0) is 26.5. The summed E-state index contributed by atoms with van der Waals surface area (Å²) in [6.45, 7) is 10.1. The monoisotopic (exact) mass is 574 g/mol. The first-order chi connectivity index (χ1) is 17.3. The lowest BCUT2D eigenvalue weighted by molar-refractivity contribution is -0.272. The van der Waals surface area contributed by atoms with Crippen LogP contribution in [0.1, 0.15) is 85.5 Å². The number of Topliss-reactive ketones (excluding diaryl/α,β-unsaturated/α-hetero) is 1. The van der Waals surface area contributed by atoms with Crippen molar-refractivity contribution in [2.75, 3.05) is 6.61 Å². The van der Waals surface area contributed by atoms with Crippen LogP contribution >= 0.6 is 34.8 Å². The highest BCUT2D eigenvalue weighted by atomic mass is 35.6. The highest BCUT2D eigenvalue weighted by molar-refractivity contribution is 6.75. The number of ether oxygens (including phenoxy) is 3. The van der Waals surface area contributed by atoms with Gasteiger partial charge in [0.25, 0.3) is 3.79 Å². The minimum absolute atomic E-state index is 0.0292. The number of carbonyl (C=O) groups excluding carboxylic acids is 2. The first-order valence-electron chi connectivity index (χ1n) is 14.4. The fraction of sp³-hybridized carbons (Fsp3) is 0.931. The van der Waals surface area contributed by atoms with E-state index >= 15 is 0 Å². The molecule has 0 bridgehead atoms. The molecule has 0 radical (unpaired) electrons. The highest BCUT2D eigenvalue weighted by Crippen LogP contribution is 2.70. The molecule has 4 saturated carbocycles. The Balaban J connectivity index is 1.20. The molecule has 12 atom stereocenters. The number of carbonyl (C=O) groups is 2. The van der Waals surface area contributed by atoms with Crippen LogP contribution in [-0.4, -0.2) is 40.1 Å². The zero-order valence-corrected chi connectivity index (χ0v) is 24.7. The number of fused-ring (bicyclic) bond motifs is 7. The van der Waals surface area contributed by atoms with Crippen LogP contribution in [0, 0.1) is 52.3 Å². The molecule has 2 saturated heterocycles. The third kappa shape index (κ3) is 4.06. The molecule has 8 heteroatoms. The lowest BCUT2D eigenvalue weighted by Crippen LogP contribution is -2.58. The first-order valence-corrected chi connectivity index (χ1v) is 15.5. The van der Waals surface area contributed by atoms with Crippen LogP contribution in [0.25, 0.3) is 0 Å². The van der Waals surface area contributed by atoms with Crippen molar-refractivity contribution in [3.63, 3.8) is 0 Å². The largest absolute Gasteiger partial charge is 0.459 e. The summed E-state index contributed by atoms with van der Waals surface area (Å²) >= 11 is 17.2. The number of hydrogen-bond donors (Lipinski definition) is 0. The standard InChI is InChI=1S/C29H41Cl3O5/c1-15-7-10-28(35-14-15)16(2)23-22(37-28)12-20-19-6-5-17-11-18(36-25(34)29(30,31)32)8-9-26(17,3)24(19)21(33)13-27(20,23)4/h15-20,22-24H,5-14H2,1-4H3/t15?,16-,17?,18-,19?,20?,22?,23?,24?,26-,27-,28+/m0/s1. The maximum absolute atomic E-state index is 14.1. The topological polar surface area (TPSA) is 61.8 Å². The number of halogens is 3. The van der Waals surface area contributed by atoms with Crippen LogP contribution in [-0.2, 0) is 23.8 Å². The van der Waals surface area contributed by atoms with E-state index in [4.69, 9.17) is 49.0 Å². The van der Waals surface area contributed by atoms with Crippen LogP contribution in [0.4, 0.5) is 0 Å². The lowest BCUT2D eigenvalue weighted by atomic mass is 9.44. The van der Waals surface area contributed by atoms with Gasteiger partial charge in [0, 0.05) is 24.7 Å². The second kappa shape index (κ2) is 8.96. The van der Waals surface area contributed by atoms with Gasteiger partial charge in [0.05, 0.1) is 12.7 Å². The van der Waals surface area contributed by atoms with Gasteiger partial charge in [0.15, 0.2) is 5.79 Å². The van der Waals surface area contributed by atoms with Gasteiger partial charge in [-0.3, -0.25) is 4.79 Å². The van der Waals surface area contributed by atoms with E-state index in [9.17, 15) is 9.59 Å². The van der Waals surface area contributed by atoms with Crippen molar-refractivity contribution in [3.05, 3.63) is 0 Å². The van der Waals surface area contributed by atoms with Gasteiger partial charge in [-0.15, -0.1) is 0 Å². The van der Waals surface area contributed by atoms with E-state index in [0.717, 1.165) is 51.6 Å². The summed E-state index contributed by atoms with van der Waals surface area (Å²) in [5, 5.41) is 0. The fourth-order valence-corrected chi connectivity index (χ4v) is 10.5. The van der Waals surface area contributed by atoms with Gasteiger partial charge >= 0.3 is 5.97 Å². The average molecular weight is 576 g/mol. The molecule has 0 amide bonds. The van der Waals surface area contributed by atoms with Crippen LogP contribution in [0.2, 0.25) is 0 Å². The van der Waals surface area contributed by atoms with Gasteiger partial charge in [-0.25, -0.2) is 4.79 Å². The Labute approximate surface area is 235 Å². The van der Waals surface area contributed by atoms with E-state index in [0.29, 0.717) is 54.1 Å². The van der Waals surface area contributed by atoms with Crippen molar-refractivity contribution >= 4 is 46.6 Å². The molecule has 6 rings (SSSR count). The molecule has 0 aromatic carbocycles. The van der Waals surface area contributed by atoms with Crippen LogP contribution < -0.4 is 0 Å². The second-order valence-corrected chi connectivity index (χ2v) is 16.2. The first kappa shape index (κ1) is 27.1. The van der Waals surface area contributed by atoms with Gasteiger partial charge in [0.1, 0.15) is 11.9 Å². The van der Waals surface area contributed by atoms with Gasteiger partial charge in [-0.2, -0.15) is 0 Å². The summed E-state index contributed by atoms with van der Waals surface area (Å²) in [7, 11) is 0. The quantitative estimate of drug-likeness (QED) is 0.252. The van der Waals surface area contributed by atoms with Crippen LogP contribution in [0.3, 0.4) is 0 Å². The minimum Gasteiger partial charge on any atom is -0.459 e. The van der Waals surface area contributed by atoms with Gasteiger partial charge < -0.3 is 14.2 Å². The molecule has 1 spiro atoms. The van der Waals surface area contributed by atoms with Gasteiger partial charge in [-0.05, 0) is 85.4 Å². The minimum atomic E-state index is -2.05. The molecule has 4 aliphatic carbocycles. The summed E-state index contributed by atoms with van der Waals surface area (Å²) < 4.78 is 16.8. The predicted octanol–water partition coefficient (Wildman–Crippen LogP) is 6.89. The Bertz CT molecular complexity index is 958. The van der Waals surface area contributed by atoms with Gasteiger partial charge in [-0.1, -0.05) is 62.5 Å². The fourth-order valence-electron chi connectivity index (χ4n) is 10.4. The number of esters is 1. The number of rotatable bonds is 1. The molecular weight excluding hydrogens is 535 g/mol. The Hall–Kier alpha value is -0.0700. The normalized spacial score (nSPS) is 53.3. The summed E-state index contributed by atoms with van der Waals surface area (Å²) in [5.74, 6) is 1.76. The molecule has 6 aliphatic rings. The molecule has 0 aromatic rings. The SMILES string of the molecule is CC1CC[C@@]2(OC1)OC1CC3C4CCC5C[C@@H](OC(=O)C(Cl)(Cl)Cl)CC[C@]5(C)C4C(=O)C[C@]3(C)C1[C@@H]2C. The Morgan fingerprint density at radius 1 is 1.03 bits per heavy atom. The number of alkyl halides is 3. The van der Waals surface area contributed by atoms with Crippen molar-refractivity contribution in [1.82, 2.24) is 0 Å². The Morgan fingerprint density at radius 2 is 1.78 bits per heavy atom. The Kier molecular flexibility index (Phi) is 6.57. The molecule has 0 N–H and O–H groups in total. The summed E-state index contributed by atoms with van der Waals surface area (Å²) in [4.78, 5) is 26.3. The summed E-state index contributed by atoms with van der Waals surface area (Å²) in [6.07, 6.45) is 8.15. The molecular formula is C29H41Cl3O5. The predicted molar refractivity (Wildman–Crippen MR) is 142 cm³/mol. The molecule has 37 heavy (non-hydrogen) atoms. The van der Waals surface area contributed by atoms with E-state index in [-0.39, 0.29) is 29.0 Å².